The molecule has 1 saturated heterocycles. The molecule has 1 aromatic rings. The minimum absolute atomic E-state index is 0.00451. The molecule has 18 heavy (non-hydrogen) atoms. The van der Waals surface area contributed by atoms with E-state index in [0.717, 1.165) is 19.4 Å². The molecule has 0 spiro atoms. The Balaban J connectivity index is 2.23. The predicted molar refractivity (Wildman–Crippen MR) is 68.4 cm³/mol. The summed E-state index contributed by atoms with van der Waals surface area (Å²) in [5.74, 6) is 0.490. The highest BCUT2D eigenvalue weighted by atomic mass is 16.5. The fourth-order valence-electron chi connectivity index (χ4n) is 2.57. The van der Waals surface area contributed by atoms with E-state index < -0.39 is 0 Å². The number of aromatic nitrogens is 2. The van der Waals surface area contributed by atoms with Gasteiger partial charge in [0.05, 0.1) is 11.6 Å². The van der Waals surface area contributed by atoms with Gasteiger partial charge in [-0.25, -0.2) is 4.98 Å². The van der Waals surface area contributed by atoms with Crippen LogP contribution in [-0.2, 0) is 11.8 Å². The van der Waals surface area contributed by atoms with Crippen LogP contribution in [0, 0.1) is 0 Å². The van der Waals surface area contributed by atoms with E-state index in [9.17, 15) is 4.79 Å². The number of hydrogen-bond donors (Lipinski definition) is 0. The van der Waals surface area contributed by atoms with Crippen LogP contribution >= 0.6 is 0 Å². The minimum atomic E-state index is -0.322. The Labute approximate surface area is 108 Å². The average Bonchev–Trinajstić information content (AvgIpc) is 2.96. The molecular weight excluding hydrogens is 230 g/mol. The number of carbonyl (C=O) groups excluding carboxylic acids is 1. The molecule has 0 aliphatic carbocycles. The summed E-state index contributed by atoms with van der Waals surface area (Å²) in [5, 5.41) is 0. The topological polar surface area (TPSA) is 47.4 Å². The third-order valence-electron chi connectivity index (χ3n) is 3.85. The molecule has 5 nitrogen and oxygen atoms in total. The maximum absolute atomic E-state index is 12.5. The lowest BCUT2D eigenvalue weighted by Crippen LogP contribution is -2.49. The van der Waals surface area contributed by atoms with Gasteiger partial charge in [0, 0.05) is 33.1 Å². The number of hydrogen-bond acceptors (Lipinski definition) is 3. The summed E-state index contributed by atoms with van der Waals surface area (Å²) in [4.78, 5) is 18.5. The summed E-state index contributed by atoms with van der Waals surface area (Å²) in [6.07, 6.45) is 5.45. The van der Waals surface area contributed by atoms with E-state index in [4.69, 9.17) is 4.74 Å². The molecule has 1 aliphatic rings. The van der Waals surface area contributed by atoms with Gasteiger partial charge in [-0.05, 0) is 26.7 Å². The third kappa shape index (κ3) is 2.14. The first kappa shape index (κ1) is 13.1. The zero-order valence-corrected chi connectivity index (χ0v) is 11.5. The summed E-state index contributed by atoms with van der Waals surface area (Å²) < 4.78 is 7.29. The molecule has 0 bridgehead atoms. The van der Waals surface area contributed by atoms with E-state index in [1.54, 1.807) is 24.1 Å². The molecule has 5 heteroatoms. The second-order valence-corrected chi connectivity index (χ2v) is 5.33. The molecule has 100 valence electrons. The first-order valence-corrected chi connectivity index (χ1v) is 6.31. The molecule has 0 unspecified atom stereocenters. The van der Waals surface area contributed by atoms with Gasteiger partial charge >= 0.3 is 0 Å². The first-order valence-electron chi connectivity index (χ1n) is 6.31. The molecular formula is C13H21N3O2. The molecule has 1 amide bonds. The second kappa shape index (κ2) is 4.72. The van der Waals surface area contributed by atoms with Crippen molar-refractivity contribution < 1.29 is 9.53 Å². The molecule has 1 atom stereocenters. The molecule has 2 heterocycles. The Morgan fingerprint density at radius 3 is 2.83 bits per heavy atom. The van der Waals surface area contributed by atoms with Crippen LogP contribution in [0.5, 0.6) is 0 Å². The van der Waals surface area contributed by atoms with Gasteiger partial charge in [0.15, 0.2) is 5.82 Å². The zero-order chi connectivity index (χ0) is 13.3. The molecule has 1 fully saturated rings. The van der Waals surface area contributed by atoms with Crippen molar-refractivity contribution in [3.05, 3.63) is 18.2 Å². The van der Waals surface area contributed by atoms with E-state index in [0.29, 0.717) is 5.82 Å². The maximum Gasteiger partial charge on any atom is 0.290 e. The van der Waals surface area contributed by atoms with Crippen molar-refractivity contribution in [2.45, 2.75) is 38.3 Å². The molecule has 0 aromatic carbocycles. The normalized spacial score (nSPS) is 20.4. The fraction of sp³-hybridized carbons (Fsp3) is 0.692. The molecule has 0 N–H and O–H groups in total. The van der Waals surface area contributed by atoms with Crippen LogP contribution in [0.4, 0.5) is 0 Å². The molecule has 0 saturated carbocycles. The standard InChI is InChI=1S/C13H21N3O2/c1-13(2,18-4)10-6-5-8-16(10)12(17)11-14-7-9-15(11)3/h7,9-10H,5-6,8H2,1-4H3/t10-/m0/s1. The van der Waals surface area contributed by atoms with Gasteiger partial charge < -0.3 is 14.2 Å². The van der Waals surface area contributed by atoms with Crippen LogP contribution < -0.4 is 0 Å². The number of methoxy groups -OCH3 is 1. The summed E-state index contributed by atoms with van der Waals surface area (Å²) in [6.45, 7) is 4.84. The highest BCUT2D eigenvalue weighted by molar-refractivity contribution is 5.91. The zero-order valence-electron chi connectivity index (χ0n) is 11.5. The van der Waals surface area contributed by atoms with Crippen molar-refractivity contribution in [1.82, 2.24) is 14.5 Å². The number of ether oxygens (including phenoxy) is 1. The van der Waals surface area contributed by atoms with Crippen LogP contribution in [0.25, 0.3) is 0 Å². The van der Waals surface area contributed by atoms with Crippen LogP contribution in [0.3, 0.4) is 0 Å². The Morgan fingerprint density at radius 2 is 2.28 bits per heavy atom. The van der Waals surface area contributed by atoms with Crippen LogP contribution in [0.15, 0.2) is 12.4 Å². The minimum Gasteiger partial charge on any atom is -0.377 e. The number of imidazole rings is 1. The SMILES string of the molecule is COC(C)(C)[C@@H]1CCCN1C(=O)c1nccn1C. The largest absolute Gasteiger partial charge is 0.377 e. The van der Waals surface area contributed by atoms with Crippen molar-refractivity contribution in [1.29, 1.82) is 0 Å². The van der Waals surface area contributed by atoms with E-state index in [2.05, 4.69) is 4.98 Å². The smallest absolute Gasteiger partial charge is 0.290 e. The summed E-state index contributed by atoms with van der Waals surface area (Å²) in [7, 11) is 3.54. The Kier molecular flexibility index (Phi) is 3.43. The molecule has 1 aliphatic heterocycles. The quantitative estimate of drug-likeness (QED) is 0.817. The third-order valence-corrected chi connectivity index (χ3v) is 3.85. The highest BCUT2D eigenvalue weighted by Crippen LogP contribution is 2.30. The number of nitrogens with zero attached hydrogens (tertiary/aromatic N) is 3. The number of carbonyl (C=O) groups is 1. The van der Waals surface area contributed by atoms with Crippen molar-refractivity contribution in [3.63, 3.8) is 0 Å². The van der Waals surface area contributed by atoms with Crippen molar-refractivity contribution in [2.75, 3.05) is 13.7 Å². The lowest BCUT2D eigenvalue weighted by molar-refractivity contribution is -0.0347. The monoisotopic (exact) mass is 251 g/mol. The Hall–Kier alpha value is -1.36. The number of likely N-dealkylation sites (tertiary alicyclic amines) is 1. The van der Waals surface area contributed by atoms with Gasteiger partial charge in [-0.2, -0.15) is 0 Å². The van der Waals surface area contributed by atoms with Gasteiger partial charge in [0.2, 0.25) is 0 Å². The summed E-state index contributed by atoms with van der Waals surface area (Å²) >= 11 is 0. The molecule has 1 aromatic heterocycles. The van der Waals surface area contributed by atoms with Gasteiger partial charge in [-0.3, -0.25) is 4.79 Å². The van der Waals surface area contributed by atoms with E-state index in [-0.39, 0.29) is 17.6 Å². The lowest BCUT2D eigenvalue weighted by atomic mass is 9.96. The number of rotatable bonds is 3. The highest BCUT2D eigenvalue weighted by Gasteiger charge is 2.40. The number of aryl methyl sites for hydroxylation is 1. The average molecular weight is 251 g/mol. The van der Waals surface area contributed by atoms with Crippen molar-refractivity contribution >= 4 is 5.91 Å². The van der Waals surface area contributed by atoms with Gasteiger partial charge in [-0.1, -0.05) is 0 Å². The molecule has 2 rings (SSSR count). The maximum atomic E-state index is 12.5. The van der Waals surface area contributed by atoms with E-state index >= 15 is 0 Å². The fourth-order valence-corrected chi connectivity index (χ4v) is 2.57. The second-order valence-electron chi connectivity index (χ2n) is 5.33. The predicted octanol–water partition coefficient (Wildman–Crippen LogP) is 1.45. The Morgan fingerprint density at radius 1 is 1.56 bits per heavy atom. The van der Waals surface area contributed by atoms with Gasteiger partial charge in [-0.15, -0.1) is 0 Å². The van der Waals surface area contributed by atoms with Crippen molar-refractivity contribution in [2.24, 2.45) is 7.05 Å². The summed E-state index contributed by atoms with van der Waals surface area (Å²) in [5.41, 5.74) is -0.322. The Bertz CT molecular complexity index is 439. The van der Waals surface area contributed by atoms with Gasteiger partial charge in [0.25, 0.3) is 5.91 Å². The molecule has 0 radical (unpaired) electrons. The van der Waals surface area contributed by atoms with Crippen LogP contribution in [0.1, 0.15) is 37.3 Å². The van der Waals surface area contributed by atoms with Crippen LogP contribution in [-0.4, -0.2) is 45.7 Å². The van der Waals surface area contributed by atoms with Crippen molar-refractivity contribution in [3.8, 4) is 0 Å². The van der Waals surface area contributed by atoms with E-state index in [1.807, 2.05) is 25.8 Å². The first-order chi connectivity index (χ1) is 8.47. The van der Waals surface area contributed by atoms with Crippen LogP contribution in [0.2, 0.25) is 0 Å². The number of amides is 1. The van der Waals surface area contributed by atoms with Gasteiger partial charge in [0.1, 0.15) is 0 Å². The lowest BCUT2D eigenvalue weighted by Gasteiger charge is -2.36. The summed E-state index contributed by atoms with van der Waals surface area (Å²) in [6, 6.07) is 0.117. The van der Waals surface area contributed by atoms with E-state index in [1.165, 1.54) is 0 Å².